The highest BCUT2D eigenvalue weighted by Crippen LogP contribution is 2.33. The number of aromatic nitrogens is 1. The van der Waals surface area contributed by atoms with Crippen LogP contribution in [0, 0.1) is 6.92 Å². The average Bonchev–Trinajstić information content (AvgIpc) is 3.13. The third kappa shape index (κ3) is 3.91. The van der Waals surface area contributed by atoms with Crippen LogP contribution in [0.4, 0.5) is 5.69 Å². The summed E-state index contributed by atoms with van der Waals surface area (Å²) in [6.45, 7) is 4.39. The van der Waals surface area contributed by atoms with Gasteiger partial charge in [-0.2, -0.15) is 0 Å². The van der Waals surface area contributed by atoms with Gasteiger partial charge in [0.15, 0.2) is 5.58 Å². The number of carbonyl (C=O) groups excluding carboxylic acids is 1. The number of nitrogens with zero attached hydrogens (tertiary/aromatic N) is 1. The number of ether oxygens (including phenoxy) is 1. The van der Waals surface area contributed by atoms with Crippen LogP contribution in [0.3, 0.4) is 0 Å². The molecule has 0 atom stereocenters. The van der Waals surface area contributed by atoms with Gasteiger partial charge in [-0.3, -0.25) is 4.79 Å². The van der Waals surface area contributed by atoms with Crippen LogP contribution in [0.5, 0.6) is 11.5 Å². The molecule has 4 rings (SSSR count). The summed E-state index contributed by atoms with van der Waals surface area (Å²) in [5.41, 5.74) is 3.80. The molecule has 29 heavy (non-hydrogen) atoms. The van der Waals surface area contributed by atoms with Crippen molar-refractivity contribution in [2.45, 2.75) is 13.8 Å². The van der Waals surface area contributed by atoms with Crippen LogP contribution in [-0.4, -0.2) is 22.6 Å². The minimum Gasteiger partial charge on any atom is -0.507 e. The zero-order valence-corrected chi connectivity index (χ0v) is 16.1. The van der Waals surface area contributed by atoms with Gasteiger partial charge in [0.1, 0.15) is 17.0 Å². The number of fused-ring (bicyclic) bond motifs is 1. The number of carbonyl (C=O) groups is 1. The maximum absolute atomic E-state index is 12.6. The molecule has 146 valence electrons. The molecule has 1 heterocycles. The maximum Gasteiger partial charge on any atom is 0.255 e. The number of phenolic OH excluding ortho intramolecular Hbond substituents is 1. The Morgan fingerprint density at radius 2 is 2.00 bits per heavy atom. The lowest BCUT2D eigenvalue weighted by atomic mass is 10.1. The van der Waals surface area contributed by atoms with Crippen LogP contribution < -0.4 is 10.1 Å². The van der Waals surface area contributed by atoms with Crippen molar-refractivity contribution in [2.24, 2.45) is 0 Å². The van der Waals surface area contributed by atoms with E-state index in [4.69, 9.17) is 9.15 Å². The first-order chi connectivity index (χ1) is 14.0. The number of rotatable bonds is 5. The molecular formula is C23H20N2O4. The van der Waals surface area contributed by atoms with Gasteiger partial charge >= 0.3 is 0 Å². The topological polar surface area (TPSA) is 84.6 Å². The minimum absolute atomic E-state index is 0.0182. The molecule has 0 aliphatic carbocycles. The van der Waals surface area contributed by atoms with E-state index >= 15 is 0 Å². The summed E-state index contributed by atoms with van der Waals surface area (Å²) in [4.78, 5) is 17.1. The fourth-order valence-electron chi connectivity index (χ4n) is 3.03. The normalized spacial score (nSPS) is 10.8. The average molecular weight is 388 g/mol. The van der Waals surface area contributed by atoms with Gasteiger partial charge in [0.2, 0.25) is 5.89 Å². The van der Waals surface area contributed by atoms with E-state index in [0.717, 1.165) is 5.56 Å². The molecule has 0 bridgehead atoms. The summed E-state index contributed by atoms with van der Waals surface area (Å²) in [6.07, 6.45) is 0. The van der Waals surface area contributed by atoms with Crippen LogP contribution in [-0.2, 0) is 0 Å². The zero-order valence-electron chi connectivity index (χ0n) is 16.1. The van der Waals surface area contributed by atoms with Crippen molar-refractivity contribution < 1.29 is 19.1 Å². The van der Waals surface area contributed by atoms with Gasteiger partial charge in [-0.05, 0) is 67.9 Å². The molecule has 1 aromatic heterocycles. The van der Waals surface area contributed by atoms with Gasteiger partial charge in [0.25, 0.3) is 5.91 Å². The monoisotopic (exact) mass is 388 g/mol. The van der Waals surface area contributed by atoms with E-state index in [1.54, 1.807) is 36.4 Å². The number of amides is 1. The van der Waals surface area contributed by atoms with E-state index in [1.165, 1.54) is 6.07 Å². The predicted molar refractivity (Wildman–Crippen MR) is 111 cm³/mol. The standard InChI is InChI=1S/C23H20N2O4/c1-3-28-17-6-4-5-15(12-17)22(27)24-16-8-9-20(26)18(13-16)23-25-19-11-14(2)7-10-21(19)29-23/h4-13,26H,3H2,1-2H3,(H,24,27). The highest BCUT2D eigenvalue weighted by atomic mass is 16.5. The van der Waals surface area contributed by atoms with Crippen molar-refractivity contribution in [3.63, 3.8) is 0 Å². The SMILES string of the molecule is CCOc1cccc(C(=O)Nc2ccc(O)c(-c3nc4cc(C)ccc4o3)c2)c1. The quantitative estimate of drug-likeness (QED) is 0.461. The first-order valence-electron chi connectivity index (χ1n) is 9.28. The molecule has 2 N–H and O–H groups in total. The molecule has 0 radical (unpaired) electrons. The maximum atomic E-state index is 12.6. The van der Waals surface area contributed by atoms with Gasteiger partial charge in [0, 0.05) is 11.3 Å². The number of hydrogen-bond acceptors (Lipinski definition) is 5. The Morgan fingerprint density at radius 1 is 1.14 bits per heavy atom. The number of oxazole rings is 1. The highest BCUT2D eigenvalue weighted by molar-refractivity contribution is 6.04. The van der Waals surface area contributed by atoms with Crippen molar-refractivity contribution in [2.75, 3.05) is 11.9 Å². The smallest absolute Gasteiger partial charge is 0.255 e. The lowest BCUT2D eigenvalue weighted by molar-refractivity contribution is 0.102. The number of phenols is 1. The number of hydrogen-bond donors (Lipinski definition) is 2. The molecule has 0 aliphatic rings. The van der Waals surface area contributed by atoms with Crippen molar-refractivity contribution in [1.29, 1.82) is 0 Å². The Morgan fingerprint density at radius 3 is 2.83 bits per heavy atom. The summed E-state index contributed by atoms with van der Waals surface area (Å²) in [6, 6.07) is 17.4. The summed E-state index contributed by atoms with van der Waals surface area (Å²) < 4.78 is 11.2. The number of benzene rings is 3. The van der Waals surface area contributed by atoms with Crippen LogP contribution in [0.2, 0.25) is 0 Å². The Kier molecular flexibility index (Phi) is 4.91. The second-order valence-corrected chi connectivity index (χ2v) is 6.64. The Hall–Kier alpha value is -3.80. The Balaban J connectivity index is 1.62. The molecular weight excluding hydrogens is 368 g/mol. The van der Waals surface area contributed by atoms with Crippen LogP contribution >= 0.6 is 0 Å². The Bertz CT molecular complexity index is 1200. The largest absolute Gasteiger partial charge is 0.507 e. The second-order valence-electron chi connectivity index (χ2n) is 6.64. The molecule has 1 amide bonds. The van der Waals surface area contributed by atoms with Gasteiger partial charge in [0.05, 0.1) is 12.2 Å². The molecule has 6 heteroatoms. The molecule has 0 unspecified atom stereocenters. The number of aromatic hydroxyl groups is 1. The number of nitrogens with one attached hydrogen (secondary N) is 1. The van der Waals surface area contributed by atoms with E-state index in [0.29, 0.717) is 40.3 Å². The third-order valence-electron chi connectivity index (χ3n) is 4.44. The number of aryl methyl sites for hydroxylation is 1. The fraction of sp³-hybridized carbons (Fsp3) is 0.130. The summed E-state index contributed by atoms with van der Waals surface area (Å²) in [5.74, 6) is 0.659. The summed E-state index contributed by atoms with van der Waals surface area (Å²) in [5, 5.41) is 13.1. The van der Waals surface area contributed by atoms with E-state index in [9.17, 15) is 9.90 Å². The molecule has 6 nitrogen and oxygen atoms in total. The highest BCUT2D eigenvalue weighted by Gasteiger charge is 2.15. The summed E-state index contributed by atoms with van der Waals surface area (Å²) >= 11 is 0. The van der Waals surface area contributed by atoms with Crippen molar-refractivity contribution >= 4 is 22.7 Å². The molecule has 0 fully saturated rings. The third-order valence-corrected chi connectivity index (χ3v) is 4.44. The van der Waals surface area contributed by atoms with E-state index < -0.39 is 0 Å². The van der Waals surface area contributed by atoms with Crippen molar-refractivity contribution in [1.82, 2.24) is 4.98 Å². The fourth-order valence-corrected chi connectivity index (χ4v) is 3.03. The molecule has 0 spiro atoms. The molecule has 4 aromatic rings. The van der Waals surface area contributed by atoms with Gasteiger partial charge in [-0.15, -0.1) is 0 Å². The van der Waals surface area contributed by atoms with Crippen molar-refractivity contribution in [3.05, 3.63) is 71.8 Å². The van der Waals surface area contributed by atoms with Crippen molar-refractivity contribution in [3.8, 4) is 23.0 Å². The van der Waals surface area contributed by atoms with Gasteiger partial charge in [-0.1, -0.05) is 12.1 Å². The lowest BCUT2D eigenvalue weighted by Gasteiger charge is -2.09. The lowest BCUT2D eigenvalue weighted by Crippen LogP contribution is -2.12. The second kappa shape index (κ2) is 7.67. The van der Waals surface area contributed by atoms with Crippen LogP contribution in [0.25, 0.3) is 22.6 Å². The van der Waals surface area contributed by atoms with Crippen LogP contribution in [0.15, 0.2) is 65.1 Å². The molecule has 3 aromatic carbocycles. The Labute approximate surface area is 167 Å². The van der Waals surface area contributed by atoms with E-state index in [1.807, 2.05) is 32.0 Å². The van der Waals surface area contributed by atoms with Crippen LogP contribution in [0.1, 0.15) is 22.8 Å². The van der Waals surface area contributed by atoms with Gasteiger partial charge in [-0.25, -0.2) is 4.98 Å². The predicted octanol–water partition coefficient (Wildman–Crippen LogP) is 5.16. The van der Waals surface area contributed by atoms with E-state index in [-0.39, 0.29) is 17.5 Å². The zero-order chi connectivity index (χ0) is 20.4. The van der Waals surface area contributed by atoms with E-state index in [2.05, 4.69) is 10.3 Å². The summed E-state index contributed by atoms with van der Waals surface area (Å²) in [7, 11) is 0. The first kappa shape index (κ1) is 18.6. The van der Waals surface area contributed by atoms with Gasteiger partial charge < -0.3 is 19.6 Å². The molecule has 0 aliphatic heterocycles. The molecule has 0 saturated heterocycles. The minimum atomic E-state index is -0.281. The first-order valence-corrected chi connectivity index (χ1v) is 9.28. The molecule has 0 saturated carbocycles. The number of anilines is 1.